The molecule has 166 valence electrons. The number of β-amino-alcohol motifs (C(OH)–C–C–N with tert-alkyl or cyclic N) is 1. The Labute approximate surface area is 184 Å². The number of aliphatic hydroxyl groups excluding tert-OH is 1. The van der Waals surface area contributed by atoms with E-state index in [1.54, 1.807) is 18.0 Å². The zero-order valence-electron chi connectivity index (χ0n) is 18.2. The lowest BCUT2D eigenvalue weighted by atomic mass is 9.94. The third-order valence-electron chi connectivity index (χ3n) is 6.29. The number of likely N-dealkylation sites (N-methyl/N-ethyl adjacent to an activating group) is 1. The molecular formula is C24H32N4O3. The summed E-state index contributed by atoms with van der Waals surface area (Å²) in [5.41, 5.74) is 3.99. The van der Waals surface area contributed by atoms with Gasteiger partial charge in [-0.1, -0.05) is 24.3 Å². The summed E-state index contributed by atoms with van der Waals surface area (Å²) in [6, 6.07) is 10.3. The first-order valence-electron chi connectivity index (χ1n) is 11.2. The Balaban J connectivity index is 1.29. The van der Waals surface area contributed by atoms with Crippen LogP contribution in [0.2, 0.25) is 0 Å². The Hall–Kier alpha value is -2.35. The van der Waals surface area contributed by atoms with Crippen molar-refractivity contribution >= 4 is 5.91 Å². The van der Waals surface area contributed by atoms with Crippen molar-refractivity contribution in [2.75, 3.05) is 39.9 Å². The lowest BCUT2D eigenvalue weighted by molar-refractivity contribution is 0.0564. The Kier molecular flexibility index (Phi) is 7.27. The largest absolute Gasteiger partial charge is 0.390 e. The summed E-state index contributed by atoms with van der Waals surface area (Å²) in [5, 5.41) is 10.6. The van der Waals surface area contributed by atoms with Crippen LogP contribution in [-0.4, -0.2) is 76.8 Å². The SMILES string of the molecule is CN(C[C@H](O)CN1CCc2ccccc2C1)C(=O)c1cc(CC2CCOCC2)ncn1. The summed E-state index contributed by atoms with van der Waals surface area (Å²) in [6.07, 6.45) is 4.75. The Morgan fingerprint density at radius 2 is 2.03 bits per heavy atom. The number of carbonyl (C=O) groups is 1. The highest BCUT2D eigenvalue weighted by atomic mass is 16.5. The summed E-state index contributed by atoms with van der Waals surface area (Å²) in [7, 11) is 1.72. The van der Waals surface area contributed by atoms with Crippen molar-refractivity contribution in [3.63, 3.8) is 0 Å². The first kappa shape index (κ1) is 21.9. The summed E-state index contributed by atoms with van der Waals surface area (Å²) < 4.78 is 5.42. The molecular weight excluding hydrogens is 392 g/mol. The number of amides is 1. The van der Waals surface area contributed by atoms with Gasteiger partial charge in [0.1, 0.15) is 12.0 Å². The molecule has 0 aliphatic carbocycles. The summed E-state index contributed by atoms with van der Waals surface area (Å²) >= 11 is 0. The van der Waals surface area contributed by atoms with E-state index in [1.165, 1.54) is 17.5 Å². The molecule has 0 spiro atoms. The minimum atomic E-state index is -0.609. The number of aliphatic hydroxyl groups is 1. The molecule has 2 aliphatic rings. The average Bonchev–Trinajstić information content (AvgIpc) is 2.79. The van der Waals surface area contributed by atoms with Crippen LogP contribution in [0.5, 0.6) is 0 Å². The number of hydrogen-bond donors (Lipinski definition) is 1. The van der Waals surface area contributed by atoms with E-state index in [4.69, 9.17) is 4.74 Å². The lowest BCUT2D eigenvalue weighted by Crippen LogP contribution is -2.42. The van der Waals surface area contributed by atoms with Gasteiger partial charge in [0.2, 0.25) is 0 Å². The van der Waals surface area contributed by atoms with Crippen LogP contribution >= 0.6 is 0 Å². The molecule has 7 nitrogen and oxygen atoms in total. The third kappa shape index (κ3) is 5.87. The van der Waals surface area contributed by atoms with E-state index >= 15 is 0 Å². The van der Waals surface area contributed by atoms with Crippen LogP contribution in [-0.2, 0) is 24.1 Å². The standard InChI is InChI=1S/C24H32N4O3/c1-27(15-22(29)16-28-9-6-19-4-2-3-5-20(19)14-28)24(30)23-13-21(25-17-26-23)12-18-7-10-31-11-8-18/h2-5,13,17-18,22,29H,6-12,14-16H2,1H3/t22-/m0/s1. The van der Waals surface area contributed by atoms with E-state index in [1.807, 2.05) is 0 Å². The molecule has 1 atom stereocenters. The Bertz CT molecular complexity index is 885. The molecule has 4 rings (SSSR count). The molecule has 2 aromatic rings. The molecule has 0 unspecified atom stereocenters. The molecule has 0 radical (unpaired) electrons. The summed E-state index contributed by atoms with van der Waals surface area (Å²) in [5.74, 6) is 0.361. The summed E-state index contributed by atoms with van der Waals surface area (Å²) in [4.78, 5) is 25.2. The molecule has 3 heterocycles. The predicted octanol–water partition coefficient (Wildman–Crippen LogP) is 1.94. The van der Waals surface area contributed by atoms with E-state index in [0.717, 1.165) is 57.7 Å². The van der Waals surface area contributed by atoms with Gasteiger partial charge in [-0.25, -0.2) is 9.97 Å². The number of benzene rings is 1. The normalized spacial score (nSPS) is 18.4. The molecule has 0 saturated carbocycles. The zero-order chi connectivity index (χ0) is 21.6. The number of carbonyl (C=O) groups excluding carboxylic acids is 1. The number of rotatable bonds is 7. The molecule has 1 aromatic carbocycles. The van der Waals surface area contributed by atoms with Crippen LogP contribution in [0.25, 0.3) is 0 Å². The van der Waals surface area contributed by atoms with Crippen LogP contribution in [0.15, 0.2) is 36.7 Å². The van der Waals surface area contributed by atoms with Gasteiger partial charge in [-0.05, 0) is 48.8 Å². The smallest absolute Gasteiger partial charge is 0.272 e. The molecule has 1 aromatic heterocycles. The van der Waals surface area contributed by atoms with Crippen molar-refractivity contribution < 1.29 is 14.6 Å². The Morgan fingerprint density at radius 1 is 1.26 bits per heavy atom. The van der Waals surface area contributed by atoms with Gasteiger partial charge in [0.25, 0.3) is 5.91 Å². The van der Waals surface area contributed by atoms with Crippen molar-refractivity contribution in [3.8, 4) is 0 Å². The van der Waals surface area contributed by atoms with Gasteiger partial charge in [-0.2, -0.15) is 0 Å². The van der Waals surface area contributed by atoms with Gasteiger partial charge >= 0.3 is 0 Å². The number of aromatic nitrogens is 2. The third-order valence-corrected chi connectivity index (χ3v) is 6.29. The zero-order valence-corrected chi connectivity index (χ0v) is 18.2. The highest BCUT2D eigenvalue weighted by Crippen LogP contribution is 2.20. The fraction of sp³-hybridized carbons (Fsp3) is 0.542. The molecule has 0 bridgehead atoms. The molecule has 2 aliphatic heterocycles. The number of hydrogen-bond acceptors (Lipinski definition) is 6. The van der Waals surface area contributed by atoms with Gasteiger partial charge in [-0.3, -0.25) is 9.69 Å². The second-order valence-corrected chi connectivity index (χ2v) is 8.75. The second kappa shape index (κ2) is 10.3. The predicted molar refractivity (Wildman–Crippen MR) is 118 cm³/mol. The van der Waals surface area contributed by atoms with E-state index in [2.05, 4.69) is 39.1 Å². The van der Waals surface area contributed by atoms with Gasteiger partial charge in [0, 0.05) is 52.1 Å². The van der Waals surface area contributed by atoms with Crippen molar-refractivity contribution in [3.05, 3.63) is 59.2 Å². The maximum Gasteiger partial charge on any atom is 0.272 e. The quantitative estimate of drug-likeness (QED) is 0.732. The Morgan fingerprint density at radius 3 is 2.84 bits per heavy atom. The maximum atomic E-state index is 12.9. The highest BCUT2D eigenvalue weighted by molar-refractivity contribution is 5.92. The van der Waals surface area contributed by atoms with Crippen LogP contribution in [0, 0.1) is 5.92 Å². The first-order valence-corrected chi connectivity index (χ1v) is 11.2. The fourth-order valence-corrected chi connectivity index (χ4v) is 4.53. The van der Waals surface area contributed by atoms with Crippen molar-refractivity contribution in [1.82, 2.24) is 19.8 Å². The molecule has 1 fully saturated rings. The van der Waals surface area contributed by atoms with Crippen molar-refractivity contribution in [2.45, 2.75) is 38.3 Å². The van der Waals surface area contributed by atoms with Gasteiger partial charge in [0.05, 0.1) is 6.10 Å². The van der Waals surface area contributed by atoms with Crippen LogP contribution in [0.1, 0.15) is 40.2 Å². The minimum Gasteiger partial charge on any atom is -0.390 e. The summed E-state index contributed by atoms with van der Waals surface area (Å²) in [6.45, 7) is 4.18. The monoisotopic (exact) mass is 424 g/mol. The maximum absolute atomic E-state index is 12.9. The van der Waals surface area contributed by atoms with Gasteiger partial charge < -0.3 is 14.7 Å². The van der Waals surface area contributed by atoms with E-state index in [0.29, 0.717) is 18.2 Å². The van der Waals surface area contributed by atoms with Crippen LogP contribution in [0.4, 0.5) is 0 Å². The number of ether oxygens (including phenoxy) is 1. The highest BCUT2D eigenvalue weighted by Gasteiger charge is 2.22. The van der Waals surface area contributed by atoms with E-state index in [-0.39, 0.29) is 12.5 Å². The van der Waals surface area contributed by atoms with Gasteiger partial charge in [-0.15, -0.1) is 0 Å². The molecule has 1 amide bonds. The minimum absolute atomic E-state index is 0.182. The second-order valence-electron chi connectivity index (χ2n) is 8.75. The molecule has 1 N–H and O–H groups in total. The average molecular weight is 425 g/mol. The topological polar surface area (TPSA) is 78.8 Å². The van der Waals surface area contributed by atoms with Crippen LogP contribution in [0.3, 0.4) is 0 Å². The van der Waals surface area contributed by atoms with E-state index in [9.17, 15) is 9.90 Å². The molecule has 31 heavy (non-hydrogen) atoms. The van der Waals surface area contributed by atoms with Crippen molar-refractivity contribution in [1.29, 1.82) is 0 Å². The van der Waals surface area contributed by atoms with Crippen molar-refractivity contribution in [2.24, 2.45) is 5.92 Å². The lowest BCUT2D eigenvalue weighted by Gasteiger charge is -2.31. The van der Waals surface area contributed by atoms with E-state index < -0.39 is 6.10 Å². The fourth-order valence-electron chi connectivity index (χ4n) is 4.53. The molecule has 1 saturated heterocycles. The number of fused-ring (bicyclic) bond motifs is 1. The first-order chi connectivity index (χ1) is 15.1. The number of nitrogens with zero attached hydrogens (tertiary/aromatic N) is 4. The van der Waals surface area contributed by atoms with Crippen LogP contribution < -0.4 is 0 Å². The molecule has 7 heteroatoms. The van der Waals surface area contributed by atoms with Gasteiger partial charge in [0.15, 0.2) is 0 Å².